The van der Waals surface area contributed by atoms with Crippen LogP contribution in [0.4, 0.5) is 14.9 Å². The van der Waals surface area contributed by atoms with Gasteiger partial charge in [0.1, 0.15) is 5.82 Å². The Hall–Kier alpha value is -1.62. The number of carbonyl (C=O) groups is 1. The summed E-state index contributed by atoms with van der Waals surface area (Å²) in [5.41, 5.74) is 0.856. The maximum absolute atomic E-state index is 13.7. The third kappa shape index (κ3) is 5.01. The molecule has 0 aromatic heterocycles. The first kappa shape index (κ1) is 17.4. The smallest absolute Gasteiger partial charge is 0.319 e. The molecule has 0 saturated heterocycles. The fourth-order valence-electron chi connectivity index (χ4n) is 2.33. The predicted octanol–water partition coefficient (Wildman–Crippen LogP) is 3.44. The Morgan fingerprint density at radius 3 is 2.52 bits per heavy atom. The second kappa shape index (κ2) is 7.98. The van der Waals surface area contributed by atoms with Crippen LogP contribution in [0.1, 0.15) is 38.7 Å². The first-order valence-electron chi connectivity index (χ1n) is 7.38. The van der Waals surface area contributed by atoms with Crippen molar-refractivity contribution in [3.8, 4) is 0 Å². The summed E-state index contributed by atoms with van der Waals surface area (Å²) < 4.78 is 13.7. The molecule has 0 fully saturated rings. The van der Waals surface area contributed by atoms with Crippen molar-refractivity contribution >= 4 is 11.7 Å². The highest BCUT2D eigenvalue weighted by atomic mass is 19.1. The summed E-state index contributed by atoms with van der Waals surface area (Å²) in [6.45, 7) is 6.42. The van der Waals surface area contributed by atoms with Gasteiger partial charge >= 0.3 is 6.03 Å². The van der Waals surface area contributed by atoms with Gasteiger partial charge in [-0.3, -0.25) is 0 Å². The average Bonchev–Trinajstić information content (AvgIpc) is 2.46. The van der Waals surface area contributed by atoms with Gasteiger partial charge in [0.15, 0.2) is 0 Å². The van der Waals surface area contributed by atoms with Crippen LogP contribution in [0, 0.1) is 18.2 Å². The molecule has 0 saturated carbocycles. The quantitative estimate of drug-likeness (QED) is 0.721. The molecule has 2 amide bonds. The number of hydrogen-bond donors (Lipinski definition) is 3. The van der Waals surface area contributed by atoms with Gasteiger partial charge in [-0.1, -0.05) is 19.9 Å². The number of aliphatic hydroxyl groups is 1. The molecular weight excluding hydrogens is 271 g/mol. The highest BCUT2D eigenvalue weighted by Gasteiger charge is 2.26. The largest absolute Gasteiger partial charge is 0.396 e. The zero-order valence-electron chi connectivity index (χ0n) is 13.0. The van der Waals surface area contributed by atoms with Crippen LogP contribution in [0.25, 0.3) is 0 Å². The van der Waals surface area contributed by atoms with Crippen LogP contribution in [-0.2, 0) is 0 Å². The Kier molecular flexibility index (Phi) is 6.62. The molecule has 21 heavy (non-hydrogen) atoms. The predicted molar refractivity (Wildman–Crippen MR) is 82.9 cm³/mol. The van der Waals surface area contributed by atoms with E-state index in [2.05, 4.69) is 10.6 Å². The maximum atomic E-state index is 13.7. The van der Waals surface area contributed by atoms with Crippen molar-refractivity contribution in [3.63, 3.8) is 0 Å². The molecule has 0 aliphatic heterocycles. The Morgan fingerprint density at radius 1 is 1.33 bits per heavy atom. The van der Waals surface area contributed by atoms with E-state index in [-0.39, 0.29) is 17.7 Å². The molecular formula is C16H25FN2O2. The molecule has 0 bridgehead atoms. The molecule has 0 radical (unpaired) electrons. The number of amides is 2. The number of halogens is 1. The van der Waals surface area contributed by atoms with E-state index in [1.54, 1.807) is 19.1 Å². The second-order valence-corrected chi connectivity index (χ2v) is 5.47. The van der Waals surface area contributed by atoms with Crippen LogP contribution in [0.3, 0.4) is 0 Å². The van der Waals surface area contributed by atoms with Crippen molar-refractivity contribution < 1.29 is 14.3 Å². The van der Waals surface area contributed by atoms with E-state index < -0.39 is 11.8 Å². The lowest BCUT2D eigenvalue weighted by Gasteiger charge is -2.31. The van der Waals surface area contributed by atoms with E-state index in [0.29, 0.717) is 13.0 Å². The monoisotopic (exact) mass is 296 g/mol. The number of carbonyl (C=O) groups excluding carboxylic acids is 1. The van der Waals surface area contributed by atoms with Crippen LogP contribution >= 0.6 is 0 Å². The van der Waals surface area contributed by atoms with Crippen molar-refractivity contribution in [2.24, 2.45) is 5.41 Å². The van der Waals surface area contributed by atoms with E-state index in [1.807, 2.05) is 13.8 Å². The van der Waals surface area contributed by atoms with Crippen LogP contribution < -0.4 is 10.6 Å². The lowest BCUT2D eigenvalue weighted by Crippen LogP contribution is -2.39. The number of urea groups is 1. The summed E-state index contributed by atoms with van der Waals surface area (Å²) in [4.78, 5) is 11.9. The zero-order chi connectivity index (χ0) is 15.9. The third-order valence-electron chi connectivity index (χ3n) is 4.14. The van der Waals surface area contributed by atoms with Crippen molar-refractivity contribution in [2.75, 3.05) is 18.5 Å². The van der Waals surface area contributed by atoms with Gasteiger partial charge in [0, 0.05) is 13.2 Å². The topological polar surface area (TPSA) is 61.4 Å². The fraction of sp³-hybridized carbons (Fsp3) is 0.562. The highest BCUT2D eigenvalue weighted by molar-refractivity contribution is 5.89. The molecule has 0 aliphatic rings. The first-order chi connectivity index (χ1) is 9.96. The summed E-state index contributed by atoms with van der Waals surface area (Å²) in [5.74, 6) is -0.447. The summed E-state index contributed by atoms with van der Waals surface area (Å²) in [6.07, 6.45) is 2.37. The molecule has 0 aliphatic carbocycles. The van der Waals surface area contributed by atoms with Crippen molar-refractivity contribution in [1.29, 1.82) is 0 Å². The van der Waals surface area contributed by atoms with E-state index in [0.717, 1.165) is 18.4 Å². The van der Waals surface area contributed by atoms with Crippen LogP contribution in [0.15, 0.2) is 18.2 Å². The highest BCUT2D eigenvalue weighted by Crippen LogP contribution is 2.29. The maximum Gasteiger partial charge on any atom is 0.319 e. The molecule has 1 aromatic carbocycles. The molecule has 118 valence electrons. The molecule has 5 heteroatoms. The number of hydrogen-bond acceptors (Lipinski definition) is 2. The third-order valence-corrected chi connectivity index (χ3v) is 4.14. The van der Waals surface area contributed by atoms with Crippen molar-refractivity contribution in [1.82, 2.24) is 5.32 Å². The van der Waals surface area contributed by atoms with Crippen molar-refractivity contribution in [3.05, 3.63) is 29.6 Å². The minimum Gasteiger partial charge on any atom is -0.396 e. The summed E-state index contributed by atoms with van der Waals surface area (Å²) in [5, 5.41) is 14.4. The molecule has 4 nitrogen and oxygen atoms in total. The Bertz CT molecular complexity index is 473. The zero-order valence-corrected chi connectivity index (χ0v) is 13.0. The van der Waals surface area contributed by atoms with Gasteiger partial charge in [-0.25, -0.2) is 9.18 Å². The number of aryl methyl sites for hydroxylation is 1. The van der Waals surface area contributed by atoms with Gasteiger partial charge in [-0.05, 0) is 49.3 Å². The van der Waals surface area contributed by atoms with Crippen molar-refractivity contribution in [2.45, 2.75) is 40.0 Å². The van der Waals surface area contributed by atoms with Crippen LogP contribution in [0.2, 0.25) is 0 Å². The molecule has 0 heterocycles. The van der Waals surface area contributed by atoms with Gasteiger partial charge < -0.3 is 15.7 Å². The average molecular weight is 296 g/mol. The van der Waals surface area contributed by atoms with E-state index in [9.17, 15) is 9.18 Å². The van der Waals surface area contributed by atoms with E-state index in [4.69, 9.17) is 5.11 Å². The normalized spacial score (nSPS) is 11.3. The standard InChI is InChI=1S/C16H25FN2O2/c1-4-16(5-2,8-9-20)11-18-15(21)19-14-7-6-12(3)10-13(14)17/h6-7,10,20H,4-5,8-9,11H2,1-3H3,(H2,18,19,21). The van der Waals surface area contributed by atoms with Crippen LogP contribution in [0.5, 0.6) is 0 Å². The lowest BCUT2D eigenvalue weighted by molar-refractivity contribution is 0.165. The summed E-state index contributed by atoms with van der Waals surface area (Å²) in [7, 11) is 0. The fourth-order valence-corrected chi connectivity index (χ4v) is 2.33. The summed E-state index contributed by atoms with van der Waals surface area (Å²) in [6, 6.07) is 4.24. The number of anilines is 1. The van der Waals surface area contributed by atoms with E-state index >= 15 is 0 Å². The number of nitrogens with one attached hydrogen (secondary N) is 2. The molecule has 1 rings (SSSR count). The molecule has 0 atom stereocenters. The van der Waals surface area contributed by atoms with Crippen LogP contribution in [-0.4, -0.2) is 24.3 Å². The number of rotatable bonds is 7. The van der Waals surface area contributed by atoms with Gasteiger partial charge in [-0.2, -0.15) is 0 Å². The van der Waals surface area contributed by atoms with Gasteiger partial charge in [-0.15, -0.1) is 0 Å². The van der Waals surface area contributed by atoms with Gasteiger partial charge in [0.2, 0.25) is 0 Å². The number of benzene rings is 1. The molecule has 3 N–H and O–H groups in total. The second-order valence-electron chi connectivity index (χ2n) is 5.47. The Morgan fingerprint density at radius 2 is 2.00 bits per heavy atom. The molecule has 0 unspecified atom stereocenters. The van der Waals surface area contributed by atoms with E-state index in [1.165, 1.54) is 6.07 Å². The number of aliphatic hydroxyl groups excluding tert-OH is 1. The minimum absolute atomic E-state index is 0.0948. The SMILES string of the molecule is CCC(CC)(CCO)CNC(=O)Nc1ccc(C)cc1F. The molecule has 1 aromatic rings. The lowest BCUT2D eigenvalue weighted by atomic mass is 9.79. The van der Waals surface area contributed by atoms with Gasteiger partial charge in [0.05, 0.1) is 5.69 Å². The minimum atomic E-state index is -0.447. The summed E-state index contributed by atoms with van der Waals surface area (Å²) >= 11 is 0. The Balaban J connectivity index is 2.60. The molecule has 0 spiro atoms. The first-order valence-corrected chi connectivity index (χ1v) is 7.38. The van der Waals surface area contributed by atoms with Gasteiger partial charge in [0.25, 0.3) is 0 Å². The Labute approximate surface area is 125 Å².